The van der Waals surface area contributed by atoms with E-state index in [4.69, 9.17) is 9.47 Å². The number of nitro groups is 1. The molecule has 0 aliphatic rings. The van der Waals surface area contributed by atoms with Crippen LogP contribution in [0.25, 0.3) is 0 Å². The molecule has 0 bridgehead atoms. The lowest BCUT2D eigenvalue weighted by atomic mass is 10.0. The van der Waals surface area contributed by atoms with Gasteiger partial charge in [-0.1, -0.05) is 6.07 Å². The molecular formula is C22H26N4O7. The Morgan fingerprint density at radius 1 is 1.12 bits per heavy atom. The fourth-order valence-corrected chi connectivity index (χ4v) is 2.90. The summed E-state index contributed by atoms with van der Waals surface area (Å²) in [7, 11) is 3.93. The van der Waals surface area contributed by atoms with Crippen molar-refractivity contribution in [3.8, 4) is 5.75 Å². The van der Waals surface area contributed by atoms with E-state index in [1.807, 2.05) is 14.1 Å². The third-order valence-electron chi connectivity index (χ3n) is 4.48. The average Bonchev–Trinajstić information content (AvgIpc) is 2.77. The molecule has 0 heterocycles. The number of amides is 2. The summed E-state index contributed by atoms with van der Waals surface area (Å²) in [4.78, 5) is 46.5. The number of rotatable bonds is 12. The Kier molecular flexibility index (Phi) is 9.78. The van der Waals surface area contributed by atoms with Crippen molar-refractivity contribution in [1.29, 1.82) is 0 Å². The van der Waals surface area contributed by atoms with Crippen LogP contribution in [-0.4, -0.2) is 55.5 Å². The molecule has 0 aromatic heterocycles. The number of non-ortho nitro benzene ring substituents is 1. The molecule has 2 rings (SSSR count). The summed E-state index contributed by atoms with van der Waals surface area (Å²) in [5, 5.41) is 15.7. The number of anilines is 1. The Morgan fingerprint density at radius 2 is 1.85 bits per heavy atom. The molecule has 2 aromatic carbocycles. The molecule has 33 heavy (non-hydrogen) atoms. The van der Waals surface area contributed by atoms with Crippen LogP contribution in [0.5, 0.6) is 5.75 Å². The van der Waals surface area contributed by atoms with Gasteiger partial charge in [0.25, 0.3) is 5.69 Å². The molecule has 176 valence electrons. The Hall–Kier alpha value is -3.99. The summed E-state index contributed by atoms with van der Waals surface area (Å²) < 4.78 is 10.3. The maximum atomic E-state index is 12.1. The standard InChI is InChI=1S/C22H26N4O7/c1-25(2)11-3-4-16-12-18(24-21(28)13-23-15-27)6-5-17(16)14-32-22(29)33-20-9-7-19(8-10-20)26(30)31/h5-10,12,15H,3-4,11,13-14H2,1-2H3,(H,23,27)(H,24,28). The van der Waals surface area contributed by atoms with Gasteiger partial charge < -0.3 is 25.0 Å². The van der Waals surface area contributed by atoms with Crippen LogP contribution in [-0.2, 0) is 27.4 Å². The molecule has 0 atom stereocenters. The molecule has 2 aromatic rings. The zero-order valence-electron chi connectivity index (χ0n) is 18.4. The summed E-state index contributed by atoms with van der Waals surface area (Å²) in [6, 6.07) is 10.3. The highest BCUT2D eigenvalue weighted by molar-refractivity contribution is 5.93. The quantitative estimate of drug-likeness (QED) is 0.163. The molecular weight excluding hydrogens is 432 g/mol. The third-order valence-corrected chi connectivity index (χ3v) is 4.48. The van der Waals surface area contributed by atoms with Gasteiger partial charge in [0, 0.05) is 17.8 Å². The molecule has 0 fully saturated rings. The zero-order valence-corrected chi connectivity index (χ0v) is 18.4. The van der Waals surface area contributed by atoms with Crippen LogP contribution in [0.4, 0.5) is 16.2 Å². The van der Waals surface area contributed by atoms with Crippen molar-refractivity contribution in [1.82, 2.24) is 10.2 Å². The van der Waals surface area contributed by atoms with Crippen LogP contribution in [0.2, 0.25) is 0 Å². The molecule has 0 saturated carbocycles. The van der Waals surface area contributed by atoms with Crippen LogP contribution in [0.1, 0.15) is 17.5 Å². The van der Waals surface area contributed by atoms with E-state index in [0.29, 0.717) is 18.5 Å². The first-order valence-electron chi connectivity index (χ1n) is 10.1. The van der Waals surface area contributed by atoms with Gasteiger partial charge in [0.2, 0.25) is 12.3 Å². The number of nitro benzene ring substituents is 1. The van der Waals surface area contributed by atoms with E-state index >= 15 is 0 Å². The Balaban J connectivity index is 2.02. The number of hydrogen-bond donors (Lipinski definition) is 2. The number of carbonyl (C=O) groups is 3. The van der Waals surface area contributed by atoms with Gasteiger partial charge in [0.15, 0.2) is 0 Å². The van der Waals surface area contributed by atoms with Crippen LogP contribution < -0.4 is 15.4 Å². The van der Waals surface area contributed by atoms with E-state index in [2.05, 4.69) is 15.5 Å². The van der Waals surface area contributed by atoms with Crippen molar-refractivity contribution in [2.24, 2.45) is 0 Å². The van der Waals surface area contributed by atoms with E-state index in [1.54, 1.807) is 18.2 Å². The molecule has 11 nitrogen and oxygen atoms in total. The predicted octanol–water partition coefficient (Wildman–Crippen LogP) is 2.49. The van der Waals surface area contributed by atoms with Gasteiger partial charge in [-0.2, -0.15) is 0 Å². The minimum atomic E-state index is -0.944. The Labute approximate surface area is 190 Å². The molecule has 0 aliphatic carbocycles. The van der Waals surface area contributed by atoms with Crippen molar-refractivity contribution in [2.75, 3.05) is 32.5 Å². The van der Waals surface area contributed by atoms with E-state index < -0.39 is 11.1 Å². The summed E-state index contributed by atoms with van der Waals surface area (Å²) >= 11 is 0. The van der Waals surface area contributed by atoms with Crippen molar-refractivity contribution in [3.05, 3.63) is 63.7 Å². The number of nitrogens with one attached hydrogen (secondary N) is 2. The second kappa shape index (κ2) is 12.8. The van der Waals surface area contributed by atoms with Crippen LogP contribution >= 0.6 is 0 Å². The molecule has 0 unspecified atom stereocenters. The second-order valence-corrected chi connectivity index (χ2v) is 7.33. The minimum Gasteiger partial charge on any atom is -0.429 e. The summed E-state index contributed by atoms with van der Waals surface area (Å²) in [6.45, 7) is 0.658. The number of benzene rings is 2. The molecule has 11 heteroatoms. The molecule has 2 amide bonds. The lowest BCUT2D eigenvalue weighted by Crippen LogP contribution is -2.27. The first-order valence-corrected chi connectivity index (χ1v) is 10.1. The number of carbonyl (C=O) groups excluding carboxylic acids is 3. The van der Waals surface area contributed by atoms with Gasteiger partial charge in [-0.15, -0.1) is 0 Å². The van der Waals surface area contributed by atoms with E-state index in [-0.39, 0.29) is 30.5 Å². The first-order chi connectivity index (χ1) is 15.8. The molecule has 0 spiro atoms. The number of hydrogen-bond acceptors (Lipinski definition) is 8. The third kappa shape index (κ3) is 8.95. The highest BCUT2D eigenvalue weighted by atomic mass is 16.7. The maximum absolute atomic E-state index is 12.1. The highest BCUT2D eigenvalue weighted by Gasteiger charge is 2.12. The van der Waals surface area contributed by atoms with Gasteiger partial charge in [-0.25, -0.2) is 4.79 Å². The number of nitrogens with zero attached hydrogens (tertiary/aromatic N) is 2. The largest absolute Gasteiger partial charge is 0.514 e. The summed E-state index contributed by atoms with van der Waals surface area (Å²) in [5.74, 6) is -0.240. The van der Waals surface area contributed by atoms with E-state index in [1.165, 1.54) is 24.3 Å². The second-order valence-electron chi connectivity index (χ2n) is 7.33. The van der Waals surface area contributed by atoms with Crippen LogP contribution in [0.15, 0.2) is 42.5 Å². The maximum Gasteiger partial charge on any atom is 0.514 e. The van der Waals surface area contributed by atoms with E-state index in [0.717, 1.165) is 24.1 Å². The van der Waals surface area contributed by atoms with Gasteiger partial charge in [-0.3, -0.25) is 19.7 Å². The predicted molar refractivity (Wildman–Crippen MR) is 120 cm³/mol. The van der Waals surface area contributed by atoms with Crippen LogP contribution in [0, 0.1) is 10.1 Å². The Bertz CT molecular complexity index is 977. The van der Waals surface area contributed by atoms with Crippen LogP contribution in [0.3, 0.4) is 0 Å². The van der Waals surface area contributed by atoms with Gasteiger partial charge in [0.1, 0.15) is 12.4 Å². The van der Waals surface area contributed by atoms with Crippen molar-refractivity contribution < 1.29 is 28.8 Å². The number of ether oxygens (including phenoxy) is 2. The first kappa shape index (κ1) is 25.3. The lowest BCUT2D eigenvalue weighted by molar-refractivity contribution is -0.384. The minimum absolute atomic E-state index is 0.0516. The summed E-state index contributed by atoms with van der Waals surface area (Å²) in [6.07, 6.45) is 1.03. The average molecular weight is 458 g/mol. The molecule has 0 aliphatic heterocycles. The van der Waals surface area contributed by atoms with Gasteiger partial charge in [-0.05, 0) is 68.9 Å². The van der Waals surface area contributed by atoms with Gasteiger partial charge in [0.05, 0.1) is 11.5 Å². The SMILES string of the molecule is CN(C)CCCc1cc(NC(=O)CNC=O)ccc1COC(=O)Oc1ccc([N+](=O)[O-])cc1. The monoisotopic (exact) mass is 458 g/mol. The zero-order chi connectivity index (χ0) is 24.2. The Morgan fingerprint density at radius 3 is 2.48 bits per heavy atom. The molecule has 2 N–H and O–H groups in total. The molecule has 0 radical (unpaired) electrons. The smallest absolute Gasteiger partial charge is 0.429 e. The van der Waals surface area contributed by atoms with Crippen molar-refractivity contribution in [3.63, 3.8) is 0 Å². The fraction of sp³-hybridized carbons (Fsp3) is 0.318. The van der Waals surface area contributed by atoms with Crippen molar-refractivity contribution >= 4 is 29.8 Å². The summed E-state index contributed by atoms with van der Waals surface area (Å²) in [5.41, 5.74) is 2.08. The lowest BCUT2D eigenvalue weighted by Gasteiger charge is -2.14. The van der Waals surface area contributed by atoms with Gasteiger partial charge >= 0.3 is 6.16 Å². The van der Waals surface area contributed by atoms with E-state index in [9.17, 15) is 24.5 Å². The highest BCUT2D eigenvalue weighted by Crippen LogP contribution is 2.21. The van der Waals surface area contributed by atoms with Crippen molar-refractivity contribution in [2.45, 2.75) is 19.4 Å². The number of aryl methyl sites for hydroxylation is 1. The fourth-order valence-electron chi connectivity index (χ4n) is 2.90. The normalized spacial score (nSPS) is 10.4. The topological polar surface area (TPSA) is 140 Å². The molecule has 0 saturated heterocycles.